The van der Waals surface area contributed by atoms with Crippen molar-refractivity contribution in [2.75, 3.05) is 19.6 Å². The number of carbonyl (C=O) groups is 1. The lowest BCUT2D eigenvalue weighted by Crippen LogP contribution is -2.51. The minimum Gasteiger partial charge on any atom is -0.336 e. The van der Waals surface area contributed by atoms with E-state index in [1.165, 1.54) is 11.3 Å². The lowest BCUT2D eigenvalue weighted by Gasteiger charge is -2.47. The summed E-state index contributed by atoms with van der Waals surface area (Å²) in [5.41, 5.74) is 4.60. The van der Waals surface area contributed by atoms with Gasteiger partial charge in [0.25, 0.3) is 0 Å². The van der Waals surface area contributed by atoms with Crippen LogP contribution >= 0.6 is 0 Å². The molecule has 2 aromatic heterocycles. The van der Waals surface area contributed by atoms with Crippen LogP contribution in [0, 0.1) is 19.3 Å². The van der Waals surface area contributed by atoms with Gasteiger partial charge in [-0.15, -0.1) is 0 Å². The van der Waals surface area contributed by atoms with Gasteiger partial charge in [0.2, 0.25) is 5.91 Å². The van der Waals surface area contributed by atoms with Crippen LogP contribution in [0.1, 0.15) is 48.3 Å². The number of aromatic nitrogens is 4. The fourth-order valence-corrected chi connectivity index (χ4v) is 4.48. The summed E-state index contributed by atoms with van der Waals surface area (Å²) >= 11 is 0. The Morgan fingerprint density at radius 3 is 2.46 bits per heavy atom. The number of piperidine rings is 2. The monoisotopic (exact) mass is 382 g/mol. The largest absolute Gasteiger partial charge is 0.336 e. The second-order valence-corrected chi connectivity index (χ2v) is 8.55. The molecule has 0 aromatic carbocycles. The molecule has 4 heterocycles. The summed E-state index contributed by atoms with van der Waals surface area (Å²) in [6, 6.07) is 0. The summed E-state index contributed by atoms with van der Waals surface area (Å²) in [5, 5.41) is 4.36. The van der Waals surface area contributed by atoms with Crippen LogP contribution in [0.3, 0.4) is 0 Å². The average molecular weight is 383 g/mol. The lowest BCUT2D eigenvalue weighted by atomic mass is 9.72. The van der Waals surface area contributed by atoms with E-state index >= 15 is 0 Å². The van der Waals surface area contributed by atoms with Gasteiger partial charge in [0, 0.05) is 44.0 Å². The molecule has 2 aliphatic rings. The van der Waals surface area contributed by atoms with Crippen LogP contribution in [0.4, 0.5) is 0 Å². The molecule has 0 atom stereocenters. The molecule has 28 heavy (non-hydrogen) atoms. The van der Waals surface area contributed by atoms with Gasteiger partial charge in [0.1, 0.15) is 0 Å². The van der Waals surface area contributed by atoms with Crippen molar-refractivity contribution in [1.29, 1.82) is 0 Å². The normalized spacial score (nSPS) is 20.1. The summed E-state index contributed by atoms with van der Waals surface area (Å²) < 4.78 is 1.94. The summed E-state index contributed by atoms with van der Waals surface area (Å²) in [6.45, 7) is 8.62. The van der Waals surface area contributed by atoms with Crippen molar-refractivity contribution < 1.29 is 4.79 Å². The number of hydrogen-bond acceptors (Lipinski definition) is 5. The van der Waals surface area contributed by atoms with Crippen LogP contribution in [-0.4, -0.2) is 55.1 Å². The van der Waals surface area contributed by atoms with E-state index in [0.29, 0.717) is 13.0 Å². The molecule has 0 saturated carbocycles. The molecular formula is C21H30N6O. The average Bonchev–Trinajstić information content (AvgIpc) is 3.01. The van der Waals surface area contributed by atoms with Crippen molar-refractivity contribution in [2.24, 2.45) is 12.5 Å². The predicted molar refractivity (Wildman–Crippen MR) is 106 cm³/mol. The Kier molecular flexibility index (Phi) is 5.19. The zero-order valence-electron chi connectivity index (χ0n) is 17.2. The minimum absolute atomic E-state index is 0.251. The van der Waals surface area contributed by atoms with Crippen LogP contribution < -0.4 is 0 Å². The molecule has 2 saturated heterocycles. The van der Waals surface area contributed by atoms with Gasteiger partial charge in [0.15, 0.2) is 0 Å². The Morgan fingerprint density at radius 2 is 1.82 bits per heavy atom. The summed E-state index contributed by atoms with van der Waals surface area (Å²) in [5.74, 6) is 0.251. The van der Waals surface area contributed by atoms with E-state index in [2.05, 4.69) is 26.9 Å². The molecule has 150 valence electrons. The van der Waals surface area contributed by atoms with Gasteiger partial charge in [-0.3, -0.25) is 24.3 Å². The minimum atomic E-state index is 0.251. The van der Waals surface area contributed by atoms with Crippen LogP contribution in [0.25, 0.3) is 0 Å². The van der Waals surface area contributed by atoms with E-state index in [0.717, 1.165) is 56.8 Å². The van der Waals surface area contributed by atoms with Crippen molar-refractivity contribution in [3.8, 4) is 0 Å². The number of carbonyl (C=O) groups excluding carboxylic acids is 1. The van der Waals surface area contributed by atoms with Crippen molar-refractivity contribution in [2.45, 2.75) is 52.6 Å². The first-order chi connectivity index (χ1) is 13.4. The third kappa shape index (κ3) is 3.94. The van der Waals surface area contributed by atoms with E-state index in [-0.39, 0.29) is 11.3 Å². The Morgan fingerprint density at radius 1 is 1.04 bits per heavy atom. The van der Waals surface area contributed by atoms with Gasteiger partial charge in [-0.2, -0.15) is 5.10 Å². The van der Waals surface area contributed by atoms with Gasteiger partial charge >= 0.3 is 0 Å². The van der Waals surface area contributed by atoms with E-state index in [1.54, 1.807) is 12.4 Å². The zero-order chi connectivity index (χ0) is 19.7. The van der Waals surface area contributed by atoms with Crippen LogP contribution in [0.2, 0.25) is 0 Å². The highest BCUT2D eigenvalue weighted by Gasteiger charge is 2.41. The van der Waals surface area contributed by atoms with Gasteiger partial charge in [-0.05, 0) is 51.6 Å². The van der Waals surface area contributed by atoms with E-state index in [4.69, 9.17) is 0 Å². The highest BCUT2D eigenvalue weighted by molar-refractivity contribution is 5.77. The Labute approximate surface area is 166 Å². The lowest BCUT2D eigenvalue weighted by molar-refractivity contribution is -0.140. The van der Waals surface area contributed by atoms with Crippen LogP contribution in [0.5, 0.6) is 0 Å². The molecule has 2 aliphatic heterocycles. The number of likely N-dealkylation sites (tertiary alicyclic amines) is 2. The first kappa shape index (κ1) is 19.1. The quantitative estimate of drug-likeness (QED) is 0.811. The van der Waals surface area contributed by atoms with Crippen molar-refractivity contribution in [1.82, 2.24) is 29.5 Å². The molecule has 1 amide bonds. The highest BCUT2D eigenvalue weighted by Crippen LogP contribution is 2.40. The van der Waals surface area contributed by atoms with E-state index in [9.17, 15) is 4.79 Å². The molecule has 7 nitrogen and oxygen atoms in total. The summed E-state index contributed by atoms with van der Waals surface area (Å²) in [6.07, 6.45) is 9.53. The molecule has 0 N–H and O–H groups in total. The SMILES string of the molecule is Cc1cnc(CN2CC3(CCC2=O)CCN(Cc2cnn(C)c2C)CC3)cn1. The number of aryl methyl sites for hydroxylation is 2. The van der Waals surface area contributed by atoms with Gasteiger partial charge < -0.3 is 4.90 Å². The molecule has 0 radical (unpaired) electrons. The molecule has 0 bridgehead atoms. The topological polar surface area (TPSA) is 67.2 Å². The van der Waals surface area contributed by atoms with E-state index in [1.807, 2.05) is 29.7 Å². The molecule has 7 heteroatoms. The number of amides is 1. The number of rotatable bonds is 4. The zero-order valence-corrected chi connectivity index (χ0v) is 17.2. The Hall–Kier alpha value is -2.28. The van der Waals surface area contributed by atoms with Gasteiger partial charge in [-0.1, -0.05) is 0 Å². The number of hydrogen-bond donors (Lipinski definition) is 0. The standard InChI is InChI=1S/C21H30N6O/c1-16-10-23-19(12-22-16)14-27-15-21(5-4-20(27)28)6-8-26(9-7-21)13-18-11-24-25(3)17(18)2/h10-12H,4-9,13-15H2,1-3H3. The molecule has 2 fully saturated rings. The smallest absolute Gasteiger partial charge is 0.222 e. The molecule has 0 aliphatic carbocycles. The third-order valence-electron chi connectivity index (χ3n) is 6.58. The van der Waals surface area contributed by atoms with E-state index < -0.39 is 0 Å². The molecule has 4 rings (SSSR count). The van der Waals surface area contributed by atoms with Gasteiger partial charge in [0.05, 0.1) is 30.3 Å². The van der Waals surface area contributed by atoms with Crippen molar-refractivity contribution >= 4 is 5.91 Å². The molecule has 0 unspecified atom stereocenters. The maximum atomic E-state index is 12.5. The molecule has 2 aromatic rings. The summed E-state index contributed by atoms with van der Waals surface area (Å²) in [4.78, 5) is 25.8. The predicted octanol–water partition coefficient (Wildman–Crippen LogP) is 2.23. The maximum absolute atomic E-state index is 12.5. The van der Waals surface area contributed by atoms with Crippen LogP contribution in [0.15, 0.2) is 18.6 Å². The molecule has 1 spiro atoms. The number of nitrogens with zero attached hydrogens (tertiary/aromatic N) is 6. The first-order valence-electron chi connectivity index (χ1n) is 10.2. The second-order valence-electron chi connectivity index (χ2n) is 8.55. The first-order valence-corrected chi connectivity index (χ1v) is 10.2. The summed E-state index contributed by atoms with van der Waals surface area (Å²) in [7, 11) is 2.00. The fourth-order valence-electron chi connectivity index (χ4n) is 4.48. The van der Waals surface area contributed by atoms with Gasteiger partial charge in [-0.25, -0.2) is 0 Å². The van der Waals surface area contributed by atoms with Crippen molar-refractivity contribution in [3.05, 3.63) is 41.2 Å². The van der Waals surface area contributed by atoms with Crippen LogP contribution in [-0.2, 0) is 24.9 Å². The Bertz CT molecular complexity index is 835. The van der Waals surface area contributed by atoms with Crippen molar-refractivity contribution in [3.63, 3.8) is 0 Å². The highest BCUT2D eigenvalue weighted by atomic mass is 16.2. The third-order valence-corrected chi connectivity index (χ3v) is 6.58. The Balaban J connectivity index is 1.37. The molecular weight excluding hydrogens is 352 g/mol. The second kappa shape index (κ2) is 7.62. The maximum Gasteiger partial charge on any atom is 0.222 e. The fraction of sp³-hybridized carbons (Fsp3) is 0.619.